The maximum atomic E-state index is 8.84. The SMILES string of the molecule is COCC(NCc1ccc(OC)c(C(N)=NO)c1)C(C)C. The van der Waals surface area contributed by atoms with Crippen molar-refractivity contribution in [3.63, 3.8) is 0 Å². The van der Waals surface area contributed by atoms with Gasteiger partial charge in [0.05, 0.1) is 19.3 Å². The van der Waals surface area contributed by atoms with Crippen molar-refractivity contribution in [2.45, 2.75) is 26.4 Å². The maximum Gasteiger partial charge on any atom is 0.173 e. The van der Waals surface area contributed by atoms with Gasteiger partial charge >= 0.3 is 0 Å². The molecule has 1 atom stereocenters. The van der Waals surface area contributed by atoms with E-state index in [1.807, 2.05) is 18.2 Å². The molecule has 6 nitrogen and oxygen atoms in total. The van der Waals surface area contributed by atoms with Crippen molar-refractivity contribution in [2.75, 3.05) is 20.8 Å². The smallest absolute Gasteiger partial charge is 0.173 e. The van der Waals surface area contributed by atoms with E-state index in [9.17, 15) is 0 Å². The fourth-order valence-corrected chi connectivity index (χ4v) is 2.03. The molecule has 6 heteroatoms. The molecule has 0 aliphatic rings. The number of methoxy groups -OCH3 is 2. The molecule has 0 spiro atoms. The van der Waals surface area contributed by atoms with Crippen LogP contribution in [-0.4, -0.2) is 37.9 Å². The number of nitrogens with two attached hydrogens (primary N) is 1. The summed E-state index contributed by atoms with van der Waals surface area (Å²) in [5, 5.41) is 15.3. The number of nitrogens with one attached hydrogen (secondary N) is 1. The number of ether oxygens (including phenoxy) is 2. The van der Waals surface area contributed by atoms with E-state index in [2.05, 4.69) is 24.3 Å². The molecule has 0 heterocycles. The van der Waals surface area contributed by atoms with Gasteiger partial charge in [-0.1, -0.05) is 25.1 Å². The Bertz CT molecular complexity index is 475. The molecule has 1 aromatic carbocycles. The minimum absolute atomic E-state index is 0.0333. The first-order chi connectivity index (χ1) is 10.0. The Morgan fingerprint density at radius 3 is 2.62 bits per heavy atom. The highest BCUT2D eigenvalue weighted by Crippen LogP contribution is 2.20. The Morgan fingerprint density at radius 2 is 2.10 bits per heavy atom. The van der Waals surface area contributed by atoms with Gasteiger partial charge in [-0.2, -0.15) is 0 Å². The zero-order valence-corrected chi connectivity index (χ0v) is 13.1. The first-order valence-corrected chi connectivity index (χ1v) is 6.90. The van der Waals surface area contributed by atoms with Gasteiger partial charge in [-0.15, -0.1) is 0 Å². The zero-order chi connectivity index (χ0) is 15.8. The summed E-state index contributed by atoms with van der Waals surface area (Å²) in [5.41, 5.74) is 7.27. The normalized spacial score (nSPS) is 13.5. The highest BCUT2D eigenvalue weighted by atomic mass is 16.5. The number of hydrogen-bond acceptors (Lipinski definition) is 5. The van der Waals surface area contributed by atoms with Crippen molar-refractivity contribution in [2.24, 2.45) is 16.8 Å². The first-order valence-electron chi connectivity index (χ1n) is 6.90. The van der Waals surface area contributed by atoms with Crippen LogP contribution in [0.2, 0.25) is 0 Å². The number of nitrogens with zero attached hydrogens (tertiary/aromatic N) is 1. The lowest BCUT2D eigenvalue weighted by Crippen LogP contribution is -2.37. The third kappa shape index (κ3) is 4.91. The van der Waals surface area contributed by atoms with Gasteiger partial charge in [-0.25, -0.2) is 0 Å². The first kappa shape index (κ1) is 17.3. The van der Waals surface area contributed by atoms with E-state index in [0.29, 0.717) is 30.4 Å². The van der Waals surface area contributed by atoms with Crippen molar-refractivity contribution >= 4 is 5.84 Å². The van der Waals surface area contributed by atoms with E-state index in [4.69, 9.17) is 20.4 Å². The van der Waals surface area contributed by atoms with Gasteiger partial charge in [-0.05, 0) is 23.6 Å². The van der Waals surface area contributed by atoms with Crippen LogP contribution in [0.15, 0.2) is 23.4 Å². The van der Waals surface area contributed by atoms with Crippen LogP contribution in [0.25, 0.3) is 0 Å². The van der Waals surface area contributed by atoms with E-state index >= 15 is 0 Å². The van der Waals surface area contributed by atoms with E-state index < -0.39 is 0 Å². The van der Waals surface area contributed by atoms with E-state index in [-0.39, 0.29) is 11.9 Å². The van der Waals surface area contributed by atoms with Gasteiger partial charge in [0.25, 0.3) is 0 Å². The summed E-state index contributed by atoms with van der Waals surface area (Å²) in [6.07, 6.45) is 0. The zero-order valence-electron chi connectivity index (χ0n) is 13.1. The molecule has 0 bridgehead atoms. The van der Waals surface area contributed by atoms with Crippen LogP contribution in [0.3, 0.4) is 0 Å². The maximum absolute atomic E-state index is 8.84. The number of oxime groups is 1. The molecule has 4 N–H and O–H groups in total. The second kappa shape index (κ2) is 8.49. The lowest BCUT2D eigenvalue weighted by molar-refractivity contribution is 0.146. The Balaban J connectivity index is 2.85. The second-order valence-electron chi connectivity index (χ2n) is 5.21. The summed E-state index contributed by atoms with van der Waals surface area (Å²) < 4.78 is 10.4. The summed E-state index contributed by atoms with van der Waals surface area (Å²) in [6, 6.07) is 5.88. The van der Waals surface area contributed by atoms with Gasteiger partial charge in [-0.3, -0.25) is 0 Å². The molecule has 1 rings (SSSR count). The van der Waals surface area contributed by atoms with Crippen LogP contribution in [0.1, 0.15) is 25.0 Å². The molecule has 0 aliphatic carbocycles. The lowest BCUT2D eigenvalue weighted by Gasteiger charge is -2.22. The molecule has 21 heavy (non-hydrogen) atoms. The third-order valence-corrected chi connectivity index (χ3v) is 3.37. The highest BCUT2D eigenvalue weighted by molar-refractivity contribution is 5.99. The average Bonchev–Trinajstić information content (AvgIpc) is 2.50. The number of amidine groups is 1. The predicted octanol–water partition coefficient (Wildman–Crippen LogP) is 1.55. The van der Waals surface area contributed by atoms with Crippen molar-refractivity contribution in [1.29, 1.82) is 0 Å². The van der Waals surface area contributed by atoms with Crippen molar-refractivity contribution in [3.05, 3.63) is 29.3 Å². The minimum Gasteiger partial charge on any atom is -0.496 e. The molecule has 0 saturated carbocycles. The Morgan fingerprint density at radius 1 is 1.38 bits per heavy atom. The van der Waals surface area contributed by atoms with Crippen LogP contribution in [0.5, 0.6) is 5.75 Å². The molecule has 0 fully saturated rings. The summed E-state index contributed by atoms with van der Waals surface area (Å²) in [7, 11) is 3.25. The molecule has 0 aliphatic heterocycles. The molecule has 1 unspecified atom stereocenters. The van der Waals surface area contributed by atoms with Crippen molar-refractivity contribution < 1.29 is 14.7 Å². The van der Waals surface area contributed by atoms with Crippen LogP contribution in [0.4, 0.5) is 0 Å². The fraction of sp³-hybridized carbons (Fsp3) is 0.533. The summed E-state index contributed by atoms with van der Waals surface area (Å²) in [6.45, 7) is 5.61. The Labute approximate surface area is 125 Å². The largest absolute Gasteiger partial charge is 0.496 e. The summed E-state index contributed by atoms with van der Waals surface area (Å²) in [4.78, 5) is 0. The number of rotatable bonds is 8. The monoisotopic (exact) mass is 295 g/mol. The van der Waals surface area contributed by atoms with Crippen molar-refractivity contribution in [3.8, 4) is 5.75 Å². The van der Waals surface area contributed by atoms with Crippen LogP contribution >= 0.6 is 0 Å². The Kier molecular flexibility index (Phi) is 6.98. The standard InChI is InChI=1S/C15H25N3O3/c1-10(2)13(9-20-3)17-8-11-5-6-14(21-4)12(7-11)15(16)18-19/h5-7,10,13,17,19H,8-9H2,1-4H3,(H2,16,18). The molecular formula is C15H25N3O3. The van der Waals surface area contributed by atoms with Gasteiger partial charge in [0.2, 0.25) is 0 Å². The quantitative estimate of drug-likeness (QED) is 0.293. The molecule has 0 amide bonds. The molecule has 0 radical (unpaired) electrons. The van der Waals surface area contributed by atoms with Crippen LogP contribution in [0, 0.1) is 5.92 Å². The van der Waals surface area contributed by atoms with Crippen LogP contribution < -0.4 is 15.8 Å². The molecular weight excluding hydrogens is 270 g/mol. The van der Waals surface area contributed by atoms with E-state index in [1.54, 1.807) is 14.2 Å². The Hall–Kier alpha value is -1.79. The van der Waals surface area contributed by atoms with Gasteiger partial charge < -0.3 is 25.7 Å². The average molecular weight is 295 g/mol. The second-order valence-corrected chi connectivity index (χ2v) is 5.21. The third-order valence-electron chi connectivity index (χ3n) is 3.37. The lowest BCUT2D eigenvalue weighted by atomic mass is 10.0. The van der Waals surface area contributed by atoms with E-state index in [0.717, 1.165) is 5.56 Å². The van der Waals surface area contributed by atoms with Crippen LogP contribution in [-0.2, 0) is 11.3 Å². The minimum atomic E-state index is 0.0333. The summed E-state index contributed by atoms with van der Waals surface area (Å²) >= 11 is 0. The molecule has 1 aromatic rings. The predicted molar refractivity (Wildman–Crippen MR) is 82.8 cm³/mol. The summed E-state index contributed by atoms with van der Waals surface area (Å²) in [5.74, 6) is 1.07. The molecule has 0 saturated heterocycles. The van der Waals surface area contributed by atoms with Gasteiger partial charge in [0, 0.05) is 19.7 Å². The highest BCUT2D eigenvalue weighted by Gasteiger charge is 2.13. The number of benzene rings is 1. The topological polar surface area (TPSA) is 89.1 Å². The fourth-order valence-electron chi connectivity index (χ4n) is 2.03. The van der Waals surface area contributed by atoms with Gasteiger partial charge in [0.15, 0.2) is 5.84 Å². The van der Waals surface area contributed by atoms with E-state index in [1.165, 1.54) is 0 Å². The van der Waals surface area contributed by atoms with Gasteiger partial charge in [0.1, 0.15) is 5.75 Å². The van der Waals surface area contributed by atoms with Crippen molar-refractivity contribution in [1.82, 2.24) is 5.32 Å². The molecule has 118 valence electrons. The molecule has 0 aromatic heterocycles. The number of hydrogen-bond donors (Lipinski definition) is 3.